The van der Waals surface area contributed by atoms with E-state index in [1.54, 1.807) is 13.2 Å². The number of benzene rings is 2. The summed E-state index contributed by atoms with van der Waals surface area (Å²) in [4.78, 5) is 24.8. The molecule has 4 N–H and O–H groups in total. The molecule has 0 unspecified atom stereocenters. The Labute approximate surface area is 164 Å². The van der Waals surface area contributed by atoms with Crippen molar-refractivity contribution in [1.82, 2.24) is 10.6 Å². The van der Waals surface area contributed by atoms with Gasteiger partial charge in [0.2, 0.25) is 0 Å². The van der Waals surface area contributed by atoms with E-state index < -0.39 is 12.1 Å². The fraction of sp³-hybridized carbons (Fsp3) is 0.182. The number of imide groups is 1. The number of furan rings is 1. The van der Waals surface area contributed by atoms with E-state index in [0.29, 0.717) is 6.54 Å². The highest BCUT2D eigenvalue weighted by molar-refractivity contribution is 5.96. The lowest BCUT2D eigenvalue weighted by atomic mass is 10.00. The van der Waals surface area contributed by atoms with Crippen molar-refractivity contribution in [2.75, 3.05) is 6.54 Å². The molecule has 0 spiro atoms. The highest BCUT2D eigenvalue weighted by Gasteiger charge is 2.32. The Morgan fingerprint density at radius 2 is 1.57 bits per heavy atom. The summed E-state index contributed by atoms with van der Waals surface area (Å²) in [5.41, 5.74) is 1.81. The summed E-state index contributed by atoms with van der Waals surface area (Å²) >= 11 is 0. The third-order valence-corrected chi connectivity index (χ3v) is 4.41. The van der Waals surface area contributed by atoms with Crippen LogP contribution in [0.1, 0.15) is 35.9 Å². The summed E-state index contributed by atoms with van der Waals surface area (Å²) in [7, 11) is 0. The van der Waals surface area contributed by atoms with E-state index in [0.717, 1.165) is 16.9 Å². The number of carbonyl (C=O) groups excluding carboxylic acids is 2. The average Bonchev–Trinajstić information content (AvgIpc) is 3.24. The first kappa shape index (κ1) is 19.4. The molecule has 6 heteroatoms. The molecule has 3 aromatic rings. The van der Waals surface area contributed by atoms with Gasteiger partial charge in [0, 0.05) is 17.7 Å². The van der Waals surface area contributed by atoms with Crippen LogP contribution >= 0.6 is 0 Å². The molecule has 0 aliphatic carbocycles. The number of hydrogen-bond donors (Lipinski definition) is 3. The van der Waals surface area contributed by atoms with E-state index in [4.69, 9.17) is 4.42 Å². The lowest BCUT2D eigenvalue weighted by Crippen LogP contribution is -2.88. The van der Waals surface area contributed by atoms with E-state index in [-0.39, 0.29) is 11.9 Å². The molecule has 0 bridgehead atoms. The fourth-order valence-corrected chi connectivity index (χ4v) is 3.10. The number of carbonyl (C=O) groups is 2. The van der Waals surface area contributed by atoms with E-state index in [2.05, 4.69) is 10.6 Å². The van der Waals surface area contributed by atoms with Crippen LogP contribution in [0.15, 0.2) is 83.5 Å². The highest BCUT2D eigenvalue weighted by Crippen LogP contribution is 2.21. The molecule has 6 nitrogen and oxygen atoms in total. The maximum atomic E-state index is 12.9. The van der Waals surface area contributed by atoms with Gasteiger partial charge in [-0.25, -0.2) is 4.79 Å². The molecular weight excluding hydrogens is 354 g/mol. The summed E-state index contributed by atoms with van der Waals surface area (Å²) in [6.07, 6.45) is 1.62. The Kier molecular flexibility index (Phi) is 6.59. The van der Waals surface area contributed by atoms with Crippen LogP contribution in [-0.2, 0) is 4.79 Å². The van der Waals surface area contributed by atoms with Crippen LogP contribution in [0.2, 0.25) is 0 Å². The van der Waals surface area contributed by atoms with Gasteiger partial charge in [0.25, 0.3) is 5.91 Å². The minimum atomic E-state index is -0.626. The van der Waals surface area contributed by atoms with Gasteiger partial charge in [-0.05, 0) is 19.1 Å². The molecule has 0 saturated heterocycles. The molecule has 1 heterocycles. The van der Waals surface area contributed by atoms with E-state index in [1.165, 1.54) is 0 Å². The first-order valence-corrected chi connectivity index (χ1v) is 9.26. The topological polar surface area (TPSA) is 88.0 Å². The Bertz CT molecular complexity index is 880. The molecule has 1 aromatic heterocycles. The molecule has 3 rings (SSSR count). The van der Waals surface area contributed by atoms with Crippen LogP contribution in [0.3, 0.4) is 0 Å². The fourth-order valence-electron chi connectivity index (χ4n) is 3.10. The number of amides is 3. The number of quaternary nitrogens is 1. The Morgan fingerprint density at radius 3 is 2.14 bits per heavy atom. The van der Waals surface area contributed by atoms with E-state index >= 15 is 0 Å². The zero-order valence-electron chi connectivity index (χ0n) is 15.7. The van der Waals surface area contributed by atoms with Crippen LogP contribution in [0.25, 0.3) is 0 Å². The number of nitrogens with one attached hydrogen (secondary N) is 2. The van der Waals surface area contributed by atoms with Crippen molar-refractivity contribution < 1.29 is 19.3 Å². The summed E-state index contributed by atoms with van der Waals surface area (Å²) < 4.78 is 5.64. The van der Waals surface area contributed by atoms with E-state index in [9.17, 15) is 9.59 Å². The van der Waals surface area contributed by atoms with Crippen LogP contribution < -0.4 is 16.0 Å². The van der Waals surface area contributed by atoms with Crippen LogP contribution in [0.4, 0.5) is 4.79 Å². The standard InChI is InChI=1S/C22H23N3O3/c1-2-23-22(27)25-21(26)20(17-12-7-4-8-13-17)24-19(18-14-9-15-28-18)16-10-5-3-6-11-16/h3-15,19-20,24H,2H2,1H3,(H2,23,25,26,27)/p+1/t19-,20-/m0/s1. The van der Waals surface area contributed by atoms with Crippen molar-refractivity contribution in [2.45, 2.75) is 19.0 Å². The Morgan fingerprint density at radius 1 is 0.929 bits per heavy atom. The number of hydrogen-bond acceptors (Lipinski definition) is 3. The van der Waals surface area contributed by atoms with Gasteiger partial charge in [0.05, 0.1) is 6.26 Å². The Balaban J connectivity index is 1.92. The highest BCUT2D eigenvalue weighted by atomic mass is 16.3. The van der Waals surface area contributed by atoms with E-state index in [1.807, 2.05) is 78.1 Å². The molecule has 0 radical (unpaired) electrons. The van der Waals surface area contributed by atoms with Crippen molar-refractivity contribution in [3.05, 3.63) is 95.9 Å². The molecule has 0 saturated carbocycles. The molecule has 0 fully saturated rings. The lowest BCUT2D eigenvalue weighted by molar-refractivity contribution is -0.715. The SMILES string of the molecule is CCNC(=O)NC(=O)[C@@H]([NH2+][C@@H](c1ccccc1)c1ccco1)c1ccccc1. The van der Waals surface area contributed by atoms with Crippen LogP contribution in [0.5, 0.6) is 0 Å². The van der Waals surface area contributed by atoms with Crippen LogP contribution in [0, 0.1) is 0 Å². The normalized spacial score (nSPS) is 12.8. The first-order valence-electron chi connectivity index (χ1n) is 9.26. The van der Waals surface area contributed by atoms with Gasteiger partial charge in [0.15, 0.2) is 17.8 Å². The molecular formula is C22H24N3O3+. The van der Waals surface area contributed by atoms with Gasteiger partial charge in [-0.2, -0.15) is 0 Å². The minimum Gasteiger partial charge on any atom is -0.463 e. The third-order valence-electron chi connectivity index (χ3n) is 4.41. The van der Waals surface area contributed by atoms with Gasteiger partial charge in [0.1, 0.15) is 0 Å². The number of rotatable bonds is 7. The van der Waals surface area contributed by atoms with Crippen LogP contribution in [-0.4, -0.2) is 18.5 Å². The molecule has 144 valence electrons. The predicted octanol–water partition coefficient (Wildman–Crippen LogP) is 2.52. The van der Waals surface area contributed by atoms with Gasteiger partial charge >= 0.3 is 6.03 Å². The summed E-state index contributed by atoms with van der Waals surface area (Å²) in [6.45, 7) is 2.24. The van der Waals surface area contributed by atoms with Gasteiger partial charge in [-0.3, -0.25) is 10.1 Å². The summed E-state index contributed by atoms with van der Waals surface area (Å²) in [5.74, 6) is 0.350. The van der Waals surface area contributed by atoms with Crippen molar-refractivity contribution in [1.29, 1.82) is 0 Å². The monoisotopic (exact) mass is 378 g/mol. The molecule has 28 heavy (non-hydrogen) atoms. The first-order chi connectivity index (χ1) is 13.7. The zero-order valence-corrected chi connectivity index (χ0v) is 15.7. The van der Waals surface area contributed by atoms with Crippen molar-refractivity contribution in [2.24, 2.45) is 0 Å². The maximum Gasteiger partial charge on any atom is 0.321 e. The summed E-state index contributed by atoms with van der Waals surface area (Å²) in [5, 5.41) is 6.94. The van der Waals surface area contributed by atoms with Crippen molar-refractivity contribution >= 4 is 11.9 Å². The Hall–Kier alpha value is -3.38. The largest absolute Gasteiger partial charge is 0.463 e. The molecule has 3 amide bonds. The average molecular weight is 378 g/mol. The zero-order chi connectivity index (χ0) is 19.8. The smallest absolute Gasteiger partial charge is 0.321 e. The second-order valence-electron chi connectivity index (χ2n) is 6.33. The number of urea groups is 1. The van der Waals surface area contributed by atoms with Crippen molar-refractivity contribution in [3.8, 4) is 0 Å². The molecule has 0 aliphatic heterocycles. The molecule has 2 atom stereocenters. The summed E-state index contributed by atoms with van der Waals surface area (Å²) in [6, 6.07) is 21.6. The second-order valence-corrected chi connectivity index (χ2v) is 6.33. The van der Waals surface area contributed by atoms with Gasteiger partial charge in [-0.15, -0.1) is 0 Å². The minimum absolute atomic E-state index is 0.235. The number of nitrogens with two attached hydrogens (primary N) is 1. The predicted molar refractivity (Wildman–Crippen MR) is 105 cm³/mol. The van der Waals surface area contributed by atoms with Crippen molar-refractivity contribution in [3.63, 3.8) is 0 Å². The molecule has 2 aromatic carbocycles. The lowest BCUT2D eigenvalue weighted by Gasteiger charge is -2.21. The van der Waals surface area contributed by atoms with Gasteiger partial charge in [-0.1, -0.05) is 60.7 Å². The molecule has 0 aliphatic rings. The third kappa shape index (κ3) is 4.86. The second kappa shape index (κ2) is 9.53. The van der Waals surface area contributed by atoms with Gasteiger partial charge < -0.3 is 15.1 Å². The maximum absolute atomic E-state index is 12.9. The quantitative estimate of drug-likeness (QED) is 0.590.